The van der Waals surface area contributed by atoms with Gasteiger partial charge in [-0.3, -0.25) is 0 Å². The van der Waals surface area contributed by atoms with E-state index < -0.39 is 0 Å². The largest absolute Gasteiger partial charge is 0.493 e. The third-order valence-corrected chi connectivity index (χ3v) is 2.68. The average molecular weight is 289 g/mol. The minimum absolute atomic E-state index is 0.535. The molecule has 0 heterocycles. The van der Waals surface area contributed by atoms with Crippen LogP contribution in [0.4, 0.5) is 0 Å². The van der Waals surface area contributed by atoms with Crippen molar-refractivity contribution < 1.29 is 4.74 Å². The zero-order valence-electron chi connectivity index (χ0n) is 13.4. The summed E-state index contributed by atoms with van der Waals surface area (Å²) in [5, 5.41) is 6.38. The summed E-state index contributed by atoms with van der Waals surface area (Å²) in [6.45, 7) is 12.9. The fourth-order valence-electron chi connectivity index (χ4n) is 1.63. The Labute approximate surface area is 128 Å². The Bertz CT molecular complexity index is 438. The van der Waals surface area contributed by atoms with Gasteiger partial charge in [0, 0.05) is 13.1 Å². The van der Waals surface area contributed by atoms with Crippen LogP contribution in [0.1, 0.15) is 26.3 Å². The molecule has 0 aliphatic heterocycles. The molecule has 116 valence electrons. The number of hydrogen-bond acceptors (Lipinski definition) is 2. The zero-order valence-corrected chi connectivity index (χ0v) is 13.4. The molecular formula is C17H27N3O. The first kappa shape index (κ1) is 17.1. The summed E-state index contributed by atoms with van der Waals surface area (Å²) in [6.07, 6.45) is 1.81. The molecule has 0 aliphatic carbocycles. The molecule has 0 bridgehead atoms. The topological polar surface area (TPSA) is 45.7 Å². The van der Waals surface area contributed by atoms with E-state index in [1.54, 1.807) is 0 Å². The Kier molecular flexibility index (Phi) is 8.02. The summed E-state index contributed by atoms with van der Waals surface area (Å²) >= 11 is 0. The Hall–Kier alpha value is -1.97. The summed E-state index contributed by atoms with van der Waals surface area (Å²) in [4.78, 5) is 4.53. The molecule has 4 nitrogen and oxygen atoms in total. The van der Waals surface area contributed by atoms with Gasteiger partial charge in [-0.15, -0.1) is 6.58 Å². The maximum absolute atomic E-state index is 5.67. The third-order valence-electron chi connectivity index (χ3n) is 2.68. The quantitative estimate of drug-likeness (QED) is 0.439. The van der Waals surface area contributed by atoms with Gasteiger partial charge in [0.25, 0.3) is 0 Å². The molecule has 1 aromatic carbocycles. The van der Waals surface area contributed by atoms with Gasteiger partial charge in [-0.05, 0) is 30.5 Å². The molecule has 2 N–H and O–H groups in total. The Morgan fingerprint density at radius 3 is 2.57 bits per heavy atom. The molecular weight excluding hydrogens is 262 g/mol. The summed E-state index contributed by atoms with van der Waals surface area (Å²) < 4.78 is 5.67. The predicted octanol–water partition coefficient (Wildman–Crippen LogP) is 2.96. The molecule has 0 fully saturated rings. The molecule has 0 saturated heterocycles. The first-order chi connectivity index (χ1) is 10.2. The van der Waals surface area contributed by atoms with Gasteiger partial charge in [-0.2, -0.15) is 0 Å². The van der Waals surface area contributed by atoms with Gasteiger partial charge in [-0.1, -0.05) is 32.1 Å². The number of nitrogens with one attached hydrogen (secondary N) is 2. The molecule has 0 radical (unpaired) electrons. The third kappa shape index (κ3) is 7.40. The lowest BCUT2D eigenvalue weighted by Crippen LogP contribution is -2.37. The van der Waals surface area contributed by atoms with Gasteiger partial charge in [0.15, 0.2) is 5.96 Å². The molecule has 0 spiro atoms. The van der Waals surface area contributed by atoms with E-state index in [9.17, 15) is 0 Å². The number of ether oxygens (including phenoxy) is 1. The highest BCUT2D eigenvalue weighted by molar-refractivity contribution is 5.79. The second kappa shape index (κ2) is 9.86. The number of guanidine groups is 1. The van der Waals surface area contributed by atoms with E-state index in [4.69, 9.17) is 4.74 Å². The second-order valence-corrected chi connectivity index (χ2v) is 5.21. The smallest absolute Gasteiger partial charge is 0.191 e. The van der Waals surface area contributed by atoms with Gasteiger partial charge < -0.3 is 15.4 Å². The van der Waals surface area contributed by atoms with Crippen molar-refractivity contribution in [3.63, 3.8) is 0 Å². The SMILES string of the molecule is C=CCNC(=NCc1ccc(OCC(C)C)cc1)NCC. The fraction of sp³-hybridized carbons (Fsp3) is 0.471. The molecule has 1 aromatic rings. The summed E-state index contributed by atoms with van der Waals surface area (Å²) in [7, 11) is 0. The van der Waals surface area contributed by atoms with Crippen LogP contribution in [0.15, 0.2) is 41.9 Å². The molecule has 0 unspecified atom stereocenters. The standard InChI is InChI=1S/C17H27N3O/c1-5-11-19-17(18-6-2)20-12-15-7-9-16(10-8-15)21-13-14(3)4/h5,7-10,14H,1,6,11-13H2,2-4H3,(H2,18,19,20). The first-order valence-corrected chi connectivity index (χ1v) is 7.50. The minimum atomic E-state index is 0.535. The zero-order chi connectivity index (χ0) is 15.5. The highest BCUT2D eigenvalue weighted by Gasteiger charge is 1.99. The molecule has 0 amide bonds. The van der Waals surface area contributed by atoms with E-state index in [1.807, 2.05) is 25.1 Å². The molecule has 0 saturated carbocycles. The van der Waals surface area contributed by atoms with E-state index in [0.29, 0.717) is 19.0 Å². The van der Waals surface area contributed by atoms with Gasteiger partial charge in [-0.25, -0.2) is 4.99 Å². The van der Waals surface area contributed by atoms with E-state index in [-0.39, 0.29) is 0 Å². The van der Waals surface area contributed by atoms with Crippen molar-refractivity contribution in [2.45, 2.75) is 27.3 Å². The molecule has 0 atom stereocenters. The van der Waals surface area contributed by atoms with Crippen LogP contribution in [0.2, 0.25) is 0 Å². The van der Waals surface area contributed by atoms with Crippen LogP contribution in [0.5, 0.6) is 5.75 Å². The molecule has 4 heteroatoms. The van der Waals surface area contributed by atoms with E-state index in [2.05, 4.69) is 48.2 Å². The van der Waals surface area contributed by atoms with Crippen LogP contribution in [-0.2, 0) is 6.54 Å². The lowest BCUT2D eigenvalue weighted by Gasteiger charge is -2.10. The summed E-state index contributed by atoms with van der Waals surface area (Å²) in [5.74, 6) is 2.25. The maximum atomic E-state index is 5.67. The van der Waals surface area contributed by atoms with E-state index in [0.717, 1.165) is 30.4 Å². The van der Waals surface area contributed by atoms with Crippen molar-refractivity contribution in [3.8, 4) is 5.75 Å². The lowest BCUT2D eigenvalue weighted by molar-refractivity contribution is 0.271. The predicted molar refractivity (Wildman–Crippen MR) is 89.8 cm³/mol. The van der Waals surface area contributed by atoms with Crippen molar-refractivity contribution in [1.29, 1.82) is 0 Å². The van der Waals surface area contributed by atoms with Crippen LogP contribution in [0.3, 0.4) is 0 Å². The highest BCUT2D eigenvalue weighted by atomic mass is 16.5. The molecule has 1 rings (SSSR count). The van der Waals surface area contributed by atoms with Crippen LogP contribution in [0.25, 0.3) is 0 Å². The van der Waals surface area contributed by atoms with Gasteiger partial charge in [0.1, 0.15) is 5.75 Å². The normalized spacial score (nSPS) is 11.3. The Morgan fingerprint density at radius 1 is 1.29 bits per heavy atom. The highest BCUT2D eigenvalue weighted by Crippen LogP contribution is 2.13. The second-order valence-electron chi connectivity index (χ2n) is 5.21. The van der Waals surface area contributed by atoms with Crippen molar-refractivity contribution in [2.24, 2.45) is 10.9 Å². The first-order valence-electron chi connectivity index (χ1n) is 7.50. The maximum Gasteiger partial charge on any atom is 0.191 e. The molecule has 21 heavy (non-hydrogen) atoms. The number of aliphatic imine (C=N–C) groups is 1. The van der Waals surface area contributed by atoms with E-state index in [1.165, 1.54) is 0 Å². The monoisotopic (exact) mass is 289 g/mol. The minimum Gasteiger partial charge on any atom is -0.493 e. The van der Waals surface area contributed by atoms with Crippen LogP contribution < -0.4 is 15.4 Å². The number of rotatable bonds is 8. The van der Waals surface area contributed by atoms with Crippen LogP contribution >= 0.6 is 0 Å². The van der Waals surface area contributed by atoms with Gasteiger partial charge >= 0.3 is 0 Å². The number of hydrogen-bond donors (Lipinski definition) is 2. The van der Waals surface area contributed by atoms with Crippen molar-refractivity contribution in [1.82, 2.24) is 10.6 Å². The van der Waals surface area contributed by atoms with Crippen molar-refractivity contribution in [3.05, 3.63) is 42.5 Å². The average Bonchev–Trinajstić information content (AvgIpc) is 2.49. The summed E-state index contributed by atoms with van der Waals surface area (Å²) in [6, 6.07) is 8.10. The molecule has 0 aliphatic rings. The lowest BCUT2D eigenvalue weighted by atomic mass is 10.2. The van der Waals surface area contributed by atoms with Crippen LogP contribution in [-0.4, -0.2) is 25.7 Å². The summed E-state index contributed by atoms with van der Waals surface area (Å²) in [5.41, 5.74) is 1.16. The van der Waals surface area contributed by atoms with E-state index >= 15 is 0 Å². The number of benzene rings is 1. The van der Waals surface area contributed by atoms with Gasteiger partial charge in [0.2, 0.25) is 0 Å². The Balaban J connectivity index is 2.54. The van der Waals surface area contributed by atoms with Gasteiger partial charge in [0.05, 0.1) is 13.2 Å². The fourth-order valence-corrected chi connectivity index (χ4v) is 1.63. The number of nitrogens with zero attached hydrogens (tertiary/aromatic N) is 1. The van der Waals surface area contributed by atoms with Crippen molar-refractivity contribution in [2.75, 3.05) is 19.7 Å². The Morgan fingerprint density at radius 2 is 2.00 bits per heavy atom. The van der Waals surface area contributed by atoms with Crippen LogP contribution in [0, 0.1) is 5.92 Å². The van der Waals surface area contributed by atoms with Crippen molar-refractivity contribution >= 4 is 5.96 Å². The molecule has 0 aromatic heterocycles.